The minimum atomic E-state index is -3.53. The summed E-state index contributed by atoms with van der Waals surface area (Å²) in [6.07, 6.45) is 1.74. The van der Waals surface area contributed by atoms with Crippen molar-refractivity contribution in [1.82, 2.24) is 10.0 Å². The van der Waals surface area contributed by atoms with Gasteiger partial charge in [0.2, 0.25) is 10.0 Å². The molecule has 8 heteroatoms. The summed E-state index contributed by atoms with van der Waals surface area (Å²) in [4.78, 5) is 0. The van der Waals surface area contributed by atoms with Crippen LogP contribution in [0.5, 0.6) is 0 Å². The first-order valence-corrected chi connectivity index (χ1v) is 9.88. The van der Waals surface area contributed by atoms with Crippen molar-refractivity contribution in [2.75, 3.05) is 33.4 Å². The molecule has 0 amide bonds. The van der Waals surface area contributed by atoms with E-state index >= 15 is 0 Å². The highest BCUT2D eigenvalue weighted by Gasteiger charge is 2.33. The van der Waals surface area contributed by atoms with Crippen LogP contribution in [0.1, 0.15) is 18.4 Å². The van der Waals surface area contributed by atoms with E-state index < -0.39 is 10.0 Å². The molecule has 2 rings (SSSR count). The Balaban J connectivity index is 2.05. The molecule has 0 saturated carbocycles. The molecule has 0 unspecified atom stereocenters. The second kappa shape index (κ2) is 8.14. The van der Waals surface area contributed by atoms with Crippen molar-refractivity contribution in [2.24, 2.45) is 5.41 Å². The molecule has 1 aromatic rings. The summed E-state index contributed by atoms with van der Waals surface area (Å²) in [6, 6.07) is 4.96. The summed E-state index contributed by atoms with van der Waals surface area (Å²) >= 11 is 12.1. The van der Waals surface area contributed by atoms with Crippen LogP contribution in [0, 0.1) is 5.41 Å². The highest BCUT2D eigenvalue weighted by molar-refractivity contribution is 7.88. The smallest absolute Gasteiger partial charge is 0.215 e. The highest BCUT2D eigenvalue weighted by atomic mass is 35.5. The lowest BCUT2D eigenvalue weighted by Crippen LogP contribution is -2.47. The van der Waals surface area contributed by atoms with Crippen LogP contribution in [0.4, 0.5) is 0 Å². The van der Waals surface area contributed by atoms with Gasteiger partial charge in [0.1, 0.15) is 0 Å². The predicted molar refractivity (Wildman–Crippen MR) is 93.5 cm³/mol. The largest absolute Gasteiger partial charge is 0.384 e. The maximum absolute atomic E-state index is 12.4. The Hall–Kier alpha value is -0.370. The van der Waals surface area contributed by atoms with Gasteiger partial charge in [0.25, 0.3) is 0 Å². The van der Waals surface area contributed by atoms with E-state index in [1.165, 1.54) is 0 Å². The first kappa shape index (κ1) is 19.0. The minimum Gasteiger partial charge on any atom is -0.384 e. The van der Waals surface area contributed by atoms with E-state index in [4.69, 9.17) is 27.9 Å². The van der Waals surface area contributed by atoms with Crippen LogP contribution in [0.15, 0.2) is 18.2 Å². The molecule has 0 aliphatic carbocycles. The zero-order chi connectivity index (χ0) is 16.9. The number of halogens is 2. The summed E-state index contributed by atoms with van der Waals surface area (Å²) in [7, 11) is -1.89. The van der Waals surface area contributed by atoms with E-state index in [9.17, 15) is 8.42 Å². The lowest BCUT2D eigenvalue weighted by atomic mass is 9.80. The third-order valence-corrected chi connectivity index (χ3v) is 6.14. The molecule has 0 aromatic heterocycles. The number of ether oxygens (including phenoxy) is 1. The van der Waals surface area contributed by atoms with Crippen molar-refractivity contribution in [3.05, 3.63) is 33.8 Å². The van der Waals surface area contributed by atoms with Gasteiger partial charge in [-0.15, -0.1) is 0 Å². The first-order chi connectivity index (χ1) is 10.9. The summed E-state index contributed by atoms with van der Waals surface area (Å²) < 4.78 is 32.8. The Kier molecular flexibility index (Phi) is 6.71. The average molecular weight is 381 g/mol. The van der Waals surface area contributed by atoms with Gasteiger partial charge in [-0.3, -0.25) is 0 Å². The molecule has 1 aliphatic rings. The molecule has 1 saturated heterocycles. The van der Waals surface area contributed by atoms with Gasteiger partial charge in [-0.25, -0.2) is 13.1 Å². The normalized spacial score (nSPS) is 18.0. The number of rotatable bonds is 7. The summed E-state index contributed by atoms with van der Waals surface area (Å²) in [5, 5.41) is 4.00. The van der Waals surface area contributed by atoms with Crippen LogP contribution >= 0.6 is 23.2 Å². The Bertz CT molecular complexity index is 606. The van der Waals surface area contributed by atoms with E-state index in [-0.39, 0.29) is 11.2 Å². The van der Waals surface area contributed by atoms with Gasteiger partial charge in [0.05, 0.1) is 12.4 Å². The topological polar surface area (TPSA) is 67.4 Å². The summed E-state index contributed by atoms with van der Waals surface area (Å²) in [5.74, 6) is -0.229. The predicted octanol–water partition coefficient (Wildman–Crippen LogP) is 2.43. The van der Waals surface area contributed by atoms with Crippen molar-refractivity contribution in [3.63, 3.8) is 0 Å². The number of benzene rings is 1. The van der Waals surface area contributed by atoms with Gasteiger partial charge < -0.3 is 10.1 Å². The fourth-order valence-corrected chi connectivity index (χ4v) is 4.82. The van der Waals surface area contributed by atoms with Crippen LogP contribution in [0.2, 0.25) is 10.0 Å². The van der Waals surface area contributed by atoms with Gasteiger partial charge in [-0.2, -0.15) is 0 Å². The fraction of sp³-hybridized carbons (Fsp3) is 0.600. The van der Waals surface area contributed by atoms with E-state index in [1.807, 2.05) is 0 Å². The van der Waals surface area contributed by atoms with Gasteiger partial charge >= 0.3 is 0 Å². The molecule has 23 heavy (non-hydrogen) atoms. The minimum absolute atomic E-state index is 0.169. The number of methoxy groups -OCH3 is 1. The molecule has 130 valence electrons. The molecule has 1 fully saturated rings. The molecular weight excluding hydrogens is 359 g/mol. The molecule has 0 atom stereocenters. The van der Waals surface area contributed by atoms with Crippen molar-refractivity contribution in [1.29, 1.82) is 0 Å². The number of sulfonamides is 1. The van der Waals surface area contributed by atoms with Crippen LogP contribution in [0.3, 0.4) is 0 Å². The molecule has 1 aliphatic heterocycles. The quantitative estimate of drug-likeness (QED) is 0.761. The fourth-order valence-electron chi connectivity index (χ4n) is 2.81. The van der Waals surface area contributed by atoms with Crippen molar-refractivity contribution < 1.29 is 13.2 Å². The van der Waals surface area contributed by atoms with Gasteiger partial charge in [-0.05, 0) is 38.1 Å². The van der Waals surface area contributed by atoms with Gasteiger partial charge in [-0.1, -0.05) is 29.3 Å². The molecule has 0 spiro atoms. The van der Waals surface area contributed by atoms with E-state index in [2.05, 4.69) is 10.0 Å². The first-order valence-electron chi connectivity index (χ1n) is 7.47. The number of nitrogens with one attached hydrogen (secondary N) is 2. The molecule has 0 bridgehead atoms. The third kappa shape index (κ3) is 5.31. The maximum Gasteiger partial charge on any atom is 0.215 e. The lowest BCUT2D eigenvalue weighted by molar-refractivity contribution is 0.0577. The van der Waals surface area contributed by atoms with E-state index in [1.54, 1.807) is 25.3 Å². The molecule has 1 heterocycles. The molecular formula is C15H22Cl2N2O3S. The molecule has 0 radical (unpaired) electrons. The number of piperidine rings is 1. The second-order valence-corrected chi connectivity index (χ2v) is 8.58. The average Bonchev–Trinajstić information content (AvgIpc) is 2.51. The second-order valence-electron chi connectivity index (χ2n) is 5.96. The Morgan fingerprint density at radius 1 is 1.26 bits per heavy atom. The summed E-state index contributed by atoms with van der Waals surface area (Å²) in [5.41, 5.74) is 0.256. The van der Waals surface area contributed by atoms with E-state index in [0.717, 1.165) is 25.9 Å². The van der Waals surface area contributed by atoms with Crippen molar-refractivity contribution >= 4 is 33.2 Å². The SMILES string of the molecule is COCC1(CNS(=O)(=O)Cc2c(Cl)cccc2Cl)CCNCC1. The molecule has 2 N–H and O–H groups in total. The Morgan fingerprint density at radius 2 is 1.87 bits per heavy atom. The number of hydrogen-bond donors (Lipinski definition) is 2. The summed E-state index contributed by atoms with van der Waals surface area (Å²) in [6.45, 7) is 2.61. The zero-order valence-electron chi connectivity index (χ0n) is 13.1. The molecule has 1 aromatic carbocycles. The van der Waals surface area contributed by atoms with Crippen LogP contribution in [-0.2, 0) is 20.5 Å². The van der Waals surface area contributed by atoms with Gasteiger partial charge in [0.15, 0.2) is 0 Å². The van der Waals surface area contributed by atoms with Crippen LogP contribution in [0.25, 0.3) is 0 Å². The Morgan fingerprint density at radius 3 is 2.43 bits per heavy atom. The van der Waals surface area contributed by atoms with Crippen molar-refractivity contribution in [2.45, 2.75) is 18.6 Å². The van der Waals surface area contributed by atoms with Crippen LogP contribution in [-0.4, -0.2) is 41.8 Å². The lowest BCUT2D eigenvalue weighted by Gasteiger charge is -2.37. The number of hydrogen-bond acceptors (Lipinski definition) is 4. The maximum atomic E-state index is 12.4. The third-order valence-electron chi connectivity index (χ3n) is 4.18. The standard InChI is InChI=1S/C15H22Cl2N2O3S/c1-22-11-15(5-7-18-8-6-15)10-19-23(20,21)9-12-13(16)3-2-4-14(12)17/h2-4,18-19H,5-11H2,1H3. The Labute approximate surface area is 147 Å². The van der Waals surface area contributed by atoms with Crippen LogP contribution < -0.4 is 10.0 Å². The van der Waals surface area contributed by atoms with Crippen molar-refractivity contribution in [3.8, 4) is 0 Å². The molecule has 5 nitrogen and oxygen atoms in total. The highest BCUT2D eigenvalue weighted by Crippen LogP contribution is 2.29. The van der Waals surface area contributed by atoms with Gasteiger partial charge in [0, 0.05) is 34.7 Å². The zero-order valence-corrected chi connectivity index (χ0v) is 15.4. The monoisotopic (exact) mass is 380 g/mol. The van der Waals surface area contributed by atoms with E-state index in [0.29, 0.717) is 28.8 Å².